The molecule has 21 heavy (non-hydrogen) atoms. The molecule has 0 atom stereocenters. The first kappa shape index (κ1) is 17.2. The van der Waals surface area contributed by atoms with E-state index in [1.54, 1.807) is 13.2 Å². The Bertz CT molecular complexity index is 584. The van der Waals surface area contributed by atoms with E-state index in [1.807, 2.05) is 24.3 Å². The van der Waals surface area contributed by atoms with Crippen LogP contribution in [0.2, 0.25) is 0 Å². The van der Waals surface area contributed by atoms with Crippen molar-refractivity contribution in [2.75, 3.05) is 7.11 Å². The number of nitrogens with one attached hydrogen (secondary N) is 1. The first-order valence-electron chi connectivity index (χ1n) is 6.36. The Balaban J connectivity index is 0.00000220. The fourth-order valence-electron chi connectivity index (χ4n) is 1.91. The van der Waals surface area contributed by atoms with Crippen LogP contribution in [0.5, 0.6) is 0 Å². The summed E-state index contributed by atoms with van der Waals surface area (Å²) in [4.78, 5) is 12.0. The lowest BCUT2D eigenvalue weighted by Crippen LogP contribution is -2.23. The standard InChI is InChI=1S/C15H18N2O3.ClH/c1-19-9-12-5-3-2-4-11(12)8-17-15(18)13-6-14(7-16)20-10-13;/h2-6,10H,7-9,16H2,1H3,(H,17,18);1H. The van der Waals surface area contributed by atoms with Crippen molar-refractivity contribution in [3.8, 4) is 0 Å². The molecule has 0 aliphatic heterocycles. The maximum Gasteiger partial charge on any atom is 0.254 e. The van der Waals surface area contributed by atoms with Crippen LogP contribution >= 0.6 is 12.4 Å². The van der Waals surface area contributed by atoms with Crippen molar-refractivity contribution in [2.45, 2.75) is 19.7 Å². The van der Waals surface area contributed by atoms with Crippen LogP contribution in [-0.2, 0) is 24.4 Å². The van der Waals surface area contributed by atoms with Crippen LogP contribution in [0, 0.1) is 0 Å². The fourth-order valence-corrected chi connectivity index (χ4v) is 1.91. The lowest BCUT2D eigenvalue weighted by Gasteiger charge is -2.09. The highest BCUT2D eigenvalue weighted by Crippen LogP contribution is 2.11. The van der Waals surface area contributed by atoms with Gasteiger partial charge in [0.1, 0.15) is 12.0 Å². The highest BCUT2D eigenvalue weighted by Gasteiger charge is 2.10. The van der Waals surface area contributed by atoms with Crippen molar-refractivity contribution < 1.29 is 13.9 Å². The van der Waals surface area contributed by atoms with E-state index >= 15 is 0 Å². The van der Waals surface area contributed by atoms with Crippen molar-refractivity contribution >= 4 is 18.3 Å². The van der Waals surface area contributed by atoms with Crippen LogP contribution in [0.4, 0.5) is 0 Å². The van der Waals surface area contributed by atoms with E-state index in [1.165, 1.54) is 6.26 Å². The zero-order valence-corrected chi connectivity index (χ0v) is 12.6. The van der Waals surface area contributed by atoms with Crippen LogP contribution in [-0.4, -0.2) is 13.0 Å². The van der Waals surface area contributed by atoms with E-state index in [0.29, 0.717) is 24.5 Å². The van der Waals surface area contributed by atoms with E-state index in [0.717, 1.165) is 11.1 Å². The topological polar surface area (TPSA) is 77.5 Å². The van der Waals surface area contributed by atoms with Gasteiger partial charge >= 0.3 is 0 Å². The molecule has 0 aliphatic carbocycles. The molecule has 0 radical (unpaired) electrons. The summed E-state index contributed by atoms with van der Waals surface area (Å²) in [5.41, 5.74) is 8.02. The molecule has 0 aliphatic rings. The normalized spacial score (nSPS) is 10.0. The zero-order valence-electron chi connectivity index (χ0n) is 11.8. The number of nitrogens with two attached hydrogens (primary N) is 1. The minimum absolute atomic E-state index is 0. The number of rotatable bonds is 6. The Morgan fingerprint density at radius 2 is 2.05 bits per heavy atom. The van der Waals surface area contributed by atoms with Crippen molar-refractivity contribution in [3.63, 3.8) is 0 Å². The van der Waals surface area contributed by atoms with Crippen molar-refractivity contribution in [1.29, 1.82) is 0 Å². The van der Waals surface area contributed by atoms with Crippen LogP contribution in [0.15, 0.2) is 41.0 Å². The van der Waals surface area contributed by atoms with Gasteiger partial charge in [0.05, 0.1) is 18.7 Å². The molecule has 1 heterocycles. The predicted octanol–water partition coefficient (Wildman–Crippen LogP) is 2.24. The van der Waals surface area contributed by atoms with Crippen LogP contribution < -0.4 is 11.1 Å². The Labute approximate surface area is 129 Å². The van der Waals surface area contributed by atoms with E-state index in [2.05, 4.69) is 5.32 Å². The molecule has 3 N–H and O–H groups in total. The van der Waals surface area contributed by atoms with Crippen LogP contribution in [0.1, 0.15) is 27.2 Å². The number of hydrogen-bond acceptors (Lipinski definition) is 4. The average molecular weight is 311 g/mol. The molecule has 2 aromatic rings. The number of halogens is 1. The number of hydrogen-bond donors (Lipinski definition) is 2. The third-order valence-electron chi connectivity index (χ3n) is 2.97. The van der Waals surface area contributed by atoms with E-state index in [9.17, 15) is 4.79 Å². The summed E-state index contributed by atoms with van der Waals surface area (Å²) in [7, 11) is 1.65. The Hall–Kier alpha value is -1.82. The van der Waals surface area contributed by atoms with E-state index < -0.39 is 0 Å². The summed E-state index contributed by atoms with van der Waals surface area (Å²) in [6.07, 6.45) is 1.42. The first-order valence-corrected chi connectivity index (χ1v) is 6.36. The number of amides is 1. The van der Waals surface area contributed by atoms with Gasteiger partial charge in [0.15, 0.2) is 0 Å². The van der Waals surface area contributed by atoms with Crippen LogP contribution in [0.3, 0.4) is 0 Å². The molecule has 5 nitrogen and oxygen atoms in total. The van der Waals surface area contributed by atoms with Crippen molar-refractivity contribution in [1.82, 2.24) is 5.32 Å². The number of ether oxygens (including phenoxy) is 1. The molecular weight excluding hydrogens is 292 g/mol. The molecule has 0 saturated carbocycles. The SMILES string of the molecule is COCc1ccccc1CNC(=O)c1coc(CN)c1.Cl. The van der Waals surface area contributed by atoms with Gasteiger partial charge in [0.25, 0.3) is 5.91 Å². The first-order chi connectivity index (χ1) is 9.74. The van der Waals surface area contributed by atoms with E-state index in [-0.39, 0.29) is 24.9 Å². The second-order valence-corrected chi connectivity index (χ2v) is 4.39. The molecule has 0 fully saturated rings. The highest BCUT2D eigenvalue weighted by atomic mass is 35.5. The number of carbonyl (C=O) groups excluding carboxylic acids is 1. The quantitative estimate of drug-likeness (QED) is 0.857. The summed E-state index contributed by atoms with van der Waals surface area (Å²) in [5, 5.41) is 2.86. The molecule has 114 valence electrons. The van der Waals surface area contributed by atoms with Gasteiger partial charge in [-0.1, -0.05) is 24.3 Å². The molecular formula is C15H19ClN2O3. The largest absolute Gasteiger partial charge is 0.467 e. The summed E-state index contributed by atoms with van der Waals surface area (Å²) in [5.74, 6) is 0.413. The number of benzene rings is 1. The zero-order chi connectivity index (χ0) is 14.4. The molecule has 1 aromatic heterocycles. The van der Waals surface area contributed by atoms with Crippen LogP contribution in [0.25, 0.3) is 0 Å². The third kappa shape index (κ3) is 4.60. The lowest BCUT2D eigenvalue weighted by atomic mass is 10.1. The summed E-state index contributed by atoms with van der Waals surface area (Å²) < 4.78 is 10.3. The van der Waals surface area contributed by atoms with Gasteiger partial charge in [-0.3, -0.25) is 4.79 Å². The molecule has 0 unspecified atom stereocenters. The predicted molar refractivity (Wildman–Crippen MR) is 82.2 cm³/mol. The number of methoxy groups -OCH3 is 1. The fraction of sp³-hybridized carbons (Fsp3) is 0.267. The van der Waals surface area contributed by atoms with Crippen molar-refractivity contribution in [2.24, 2.45) is 5.73 Å². The average Bonchev–Trinajstić information content (AvgIpc) is 2.95. The maximum absolute atomic E-state index is 12.0. The van der Waals surface area contributed by atoms with Crippen molar-refractivity contribution in [3.05, 3.63) is 59.0 Å². The molecule has 0 bridgehead atoms. The van der Waals surface area contributed by atoms with Gasteiger partial charge in [-0.05, 0) is 17.2 Å². The number of furan rings is 1. The maximum atomic E-state index is 12.0. The van der Waals surface area contributed by atoms with Gasteiger partial charge in [-0.2, -0.15) is 0 Å². The summed E-state index contributed by atoms with van der Waals surface area (Å²) in [6, 6.07) is 9.48. The highest BCUT2D eigenvalue weighted by molar-refractivity contribution is 5.93. The molecule has 1 amide bonds. The second-order valence-electron chi connectivity index (χ2n) is 4.39. The third-order valence-corrected chi connectivity index (χ3v) is 2.97. The molecule has 0 saturated heterocycles. The van der Waals surface area contributed by atoms with Gasteiger partial charge in [0.2, 0.25) is 0 Å². The smallest absolute Gasteiger partial charge is 0.254 e. The van der Waals surface area contributed by atoms with Gasteiger partial charge in [-0.25, -0.2) is 0 Å². The summed E-state index contributed by atoms with van der Waals surface area (Å²) >= 11 is 0. The monoisotopic (exact) mass is 310 g/mol. The van der Waals surface area contributed by atoms with Gasteiger partial charge in [0, 0.05) is 13.7 Å². The Kier molecular flexibility index (Phi) is 6.94. The molecule has 2 rings (SSSR count). The molecule has 1 aromatic carbocycles. The lowest BCUT2D eigenvalue weighted by molar-refractivity contribution is 0.0950. The Morgan fingerprint density at radius 3 is 2.67 bits per heavy atom. The minimum atomic E-state index is -0.180. The Morgan fingerprint density at radius 1 is 1.33 bits per heavy atom. The number of carbonyl (C=O) groups is 1. The van der Waals surface area contributed by atoms with Gasteiger partial charge in [-0.15, -0.1) is 12.4 Å². The van der Waals surface area contributed by atoms with Gasteiger partial charge < -0.3 is 20.2 Å². The minimum Gasteiger partial charge on any atom is -0.467 e. The summed E-state index contributed by atoms with van der Waals surface area (Å²) in [6.45, 7) is 1.25. The molecule has 0 spiro atoms. The second kappa shape index (κ2) is 8.46. The molecule has 6 heteroatoms. The van der Waals surface area contributed by atoms with E-state index in [4.69, 9.17) is 14.9 Å².